The summed E-state index contributed by atoms with van der Waals surface area (Å²) in [6.07, 6.45) is 1.99. The van der Waals surface area contributed by atoms with Crippen LogP contribution in [0.3, 0.4) is 0 Å². The molecule has 0 radical (unpaired) electrons. The van der Waals surface area contributed by atoms with Gasteiger partial charge in [-0.05, 0) is 24.8 Å². The summed E-state index contributed by atoms with van der Waals surface area (Å²) >= 11 is 0. The Kier molecular flexibility index (Phi) is 2.61. The predicted octanol–water partition coefficient (Wildman–Crippen LogP) is 1.65. The van der Waals surface area contributed by atoms with E-state index in [4.69, 9.17) is 4.74 Å². The van der Waals surface area contributed by atoms with Crippen LogP contribution in [-0.2, 0) is 4.79 Å². The van der Waals surface area contributed by atoms with Gasteiger partial charge in [0.2, 0.25) is 11.8 Å². The van der Waals surface area contributed by atoms with Crippen LogP contribution in [0.2, 0.25) is 0 Å². The summed E-state index contributed by atoms with van der Waals surface area (Å²) in [5.74, 6) is 2.10. The molecule has 96 valence electrons. The SMILES string of the molecule is COc1ccc2c(n1)N1CCC(C)CC1C(=O)N2. The van der Waals surface area contributed by atoms with Crippen molar-refractivity contribution >= 4 is 17.4 Å². The summed E-state index contributed by atoms with van der Waals surface area (Å²) in [4.78, 5) is 18.7. The molecule has 3 rings (SSSR count). The van der Waals surface area contributed by atoms with Crippen LogP contribution in [0.1, 0.15) is 19.8 Å². The summed E-state index contributed by atoms with van der Waals surface area (Å²) in [6.45, 7) is 3.07. The molecule has 2 atom stereocenters. The van der Waals surface area contributed by atoms with Crippen molar-refractivity contribution in [1.82, 2.24) is 4.98 Å². The van der Waals surface area contributed by atoms with Crippen molar-refractivity contribution in [3.05, 3.63) is 12.1 Å². The van der Waals surface area contributed by atoms with Crippen molar-refractivity contribution in [2.75, 3.05) is 23.9 Å². The standard InChI is InChI=1S/C13H17N3O2/c1-8-5-6-16-10(7-8)13(17)14-9-3-4-11(18-2)15-12(9)16/h3-4,8,10H,5-7H2,1-2H3,(H,14,17). The fourth-order valence-electron chi connectivity index (χ4n) is 2.72. The fraction of sp³-hybridized carbons (Fsp3) is 0.538. The number of amides is 1. The number of carbonyl (C=O) groups excluding carboxylic acids is 1. The van der Waals surface area contributed by atoms with E-state index < -0.39 is 0 Å². The normalized spacial score (nSPS) is 26.1. The van der Waals surface area contributed by atoms with Gasteiger partial charge in [-0.2, -0.15) is 4.98 Å². The summed E-state index contributed by atoms with van der Waals surface area (Å²) in [6, 6.07) is 3.54. The quantitative estimate of drug-likeness (QED) is 0.819. The second-order valence-electron chi connectivity index (χ2n) is 5.05. The lowest BCUT2D eigenvalue weighted by Crippen LogP contribution is -2.52. The number of hydrogen-bond donors (Lipinski definition) is 1. The molecule has 0 aliphatic carbocycles. The largest absolute Gasteiger partial charge is 0.481 e. The van der Waals surface area contributed by atoms with Crippen LogP contribution in [-0.4, -0.2) is 30.6 Å². The van der Waals surface area contributed by atoms with Crippen LogP contribution in [0.5, 0.6) is 5.88 Å². The van der Waals surface area contributed by atoms with E-state index in [2.05, 4.69) is 22.1 Å². The highest BCUT2D eigenvalue weighted by molar-refractivity contribution is 6.02. The number of nitrogens with one attached hydrogen (secondary N) is 1. The number of nitrogens with zero attached hydrogens (tertiary/aromatic N) is 2. The molecule has 2 aliphatic heterocycles. The highest BCUT2D eigenvalue weighted by Crippen LogP contribution is 2.36. The van der Waals surface area contributed by atoms with E-state index in [1.54, 1.807) is 13.2 Å². The van der Waals surface area contributed by atoms with Crippen molar-refractivity contribution in [3.8, 4) is 5.88 Å². The number of piperidine rings is 1. The third-order valence-electron chi connectivity index (χ3n) is 3.76. The Morgan fingerprint density at radius 3 is 3.11 bits per heavy atom. The van der Waals surface area contributed by atoms with E-state index in [1.807, 2.05) is 6.07 Å². The lowest BCUT2D eigenvalue weighted by Gasteiger charge is -2.42. The van der Waals surface area contributed by atoms with Gasteiger partial charge in [0, 0.05) is 12.6 Å². The van der Waals surface area contributed by atoms with Gasteiger partial charge in [0.05, 0.1) is 12.8 Å². The Bertz CT molecular complexity index is 489. The minimum absolute atomic E-state index is 0.0825. The summed E-state index contributed by atoms with van der Waals surface area (Å²) < 4.78 is 5.16. The Morgan fingerprint density at radius 2 is 2.33 bits per heavy atom. The molecular formula is C13H17N3O2. The predicted molar refractivity (Wildman–Crippen MR) is 69.0 cm³/mol. The molecule has 2 aliphatic rings. The van der Waals surface area contributed by atoms with Gasteiger partial charge in [-0.3, -0.25) is 4.79 Å². The van der Waals surface area contributed by atoms with E-state index in [-0.39, 0.29) is 11.9 Å². The average Bonchev–Trinajstić information content (AvgIpc) is 2.39. The molecule has 18 heavy (non-hydrogen) atoms. The number of carbonyl (C=O) groups is 1. The molecule has 1 aromatic rings. The van der Waals surface area contributed by atoms with E-state index in [1.165, 1.54) is 0 Å². The molecular weight excluding hydrogens is 230 g/mol. The van der Waals surface area contributed by atoms with Gasteiger partial charge in [0.1, 0.15) is 6.04 Å². The van der Waals surface area contributed by atoms with Crippen molar-refractivity contribution in [2.45, 2.75) is 25.8 Å². The number of fused-ring (bicyclic) bond motifs is 3. The van der Waals surface area contributed by atoms with Crippen molar-refractivity contribution < 1.29 is 9.53 Å². The third-order valence-corrected chi connectivity index (χ3v) is 3.76. The zero-order valence-electron chi connectivity index (χ0n) is 10.6. The van der Waals surface area contributed by atoms with Gasteiger partial charge in [0.25, 0.3) is 0 Å². The van der Waals surface area contributed by atoms with Gasteiger partial charge in [-0.15, -0.1) is 0 Å². The smallest absolute Gasteiger partial charge is 0.247 e. The molecule has 0 aromatic carbocycles. The Labute approximate surface area is 106 Å². The van der Waals surface area contributed by atoms with Gasteiger partial charge >= 0.3 is 0 Å². The van der Waals surface area contributed by atoms with Gasteiger partial charge in [-0.25, -0.2) is 0 Å². The number of methoxy groups -OCH3 is 1. The second kappa shape index (κ2) is 4.15. The minimum atomic E-state index is -0.0825. The Hall–Kier alpha value is -1.78. The van der Waals surface area contributed by atoms with Gasteiger partial charge in [0.15, 0.2) is 5.82 Å². The molecule has 2 unspecified atom stereocenters. The summed E-state index contributed by atoms with van der Waals surface area (Å²) in [7, 11) is 1.60. The van der Waals surface area contributed by atoms with Crippen LogP contribution >= 0.6 is 0 Å². The first-order chi connectivity index (χ1) is 8.69. The molecule has 0 spiro atoms. The maximum atomic E-state index is 12.1. The van der Waals surface area contributed by atoms with E-state index in [9.17, 15) is 4.79 Å². The molecule has 0 saturated carbocycles. The molecule has 1 saturated heterocycles. The van der Waals surface area contributed by atoms with Crippen LogP contribution in [0, 0.1) is 5.92 Å². The van der Waals surface area contributed by atoms with E-state index in [0.717, 1.165) is 30.9 Å². The second-order valence-corrected chi connectivity index (χ2v) is 5.05. The lowest BCUT2D eigenvalue weighted by atomic mass is 9.90. The first-order valence-electron chi connectivity index (χ1n) is 6.31. The Balaban J connectivity index is 2.01. The molecule has 1 amide bonds. The number of anilines is 2. The molecule has 5 nitrogen and oxygen atoms in total. The first kappa shape index (κ1) is 11.3. The van der Waals surface area contributed by atoms with Gasteiger partial charge in [-0.1, -0.05) is 6.92 Å². The fourth-order valence-corrected chi connectivity index (χ4v) is 2.72. The highest BCUT2D eigenvalue weighted by Gasteiger charge is 2.37. The minimum Gasteiger partial charge on any atom is -0.481 e. The van der Waals surface area contributed by atoms with Crippen LogP contribution in [0.25, 0.3) is 0 Å². The molecule has 1 aromatic heterocycles. The monoisotopic (exact) mass is 247 g/mol. The summed E-state index contributed by atoms with van der Waals surface area (Å²) in [5.41, 5.74) is 0.784. The molecule has 1 fully saturated rings. The zero-order valence-corrected chi connectivity index (χ0v) is 10.6. The maximum absolute atomic E-state index is 12.1. The number of pyridine rings is 1. The van der Waals surface area contributed by atoms with Crippen molar-refractivity contribution in [1.29, 1.82) is 0 Å². The van der Waals surface area contributed by atoms with E-state index in [0.29, 0.717) is 11.8 Å². The van der Waals surface area contributed by atoms with E-state index >= 15 is 0 Å². The number of ether oxygens (including phenoxy) is 1. The van der Waals surface area contributed by atoms with Crippen LogP contribution in [0.15, 0.2) is 12.1 Å². The highest BCUT2D eigenvalue weighted by atomic mass is 16.5. The number of hydrogen-bond acceptors (Lipinski definition) is 4. The van der Waals surface area contributed by atoms with Crippen molar-refractivity contribution in [2.24, 2.45) is 5.92 Å². The van der Waals surface area contributed by atoms with Crippen LogP contribution < -0.4 is 15.0 Å². The average molecular weight is 247 g/mol. The topological polar surface area (TPSA) is 54.5 Å². The zero-order chi connectivity index (χ0) is 12.7. The molecule has 1 N–H and O–H groups in total. The molecule has 3 heterocycles. The van der Waals surface area contributed by atoms with Gasteiger partial charge < -0.3 is 15.0 Å². The molecule has 5 heteroatoms. The summed E-state index contributed by atoms with van der Waals surface area (Å²) in [5, 5.41) is 2.93. The maximum Gasteiger partial charge on any atom is 0.247 e. The lowest BCUT2D eigenvalue weighted by molar-refractivity contribution is -0.118. The number of aromatic nitrogens is 1. The molecule has 0 bridgehead atoms. The third kappa shape index (κ3) is 1.70. The van der Waals surface area contributed by atoms with Crippen LogP contribution in [0.4, 0.5) is 11.5 Å². The number of rotatable bonds is 1. The van der Waals surface area contributed by atoms with Crippen molar-refractivity contribution in [3.63, 3.8) is 0 Å². The first-order valence-corrected chi connectivity index (χ1v) is 6.31. The Morgan fingerprint density at radius 1 is 1.50 bits per heavy atom.